The van der Waals surface area contributed by atoms with Crippen molar-refractivity contribution in [2.24, 2.45) is 0 Å². The molecule has 0 bridgehead atoms. The third-order valence-electron chi connectivity index (χ3n) is 2.75. The first kappa shape index (κ1) is 23.5. The van der Waals surface area contributed by atoms with Gasteiger partial charge < -0.3 is 9.47 Å². The molecule has 0 aliphatic carbocycles. The molecular formula is C14H30O6S3. The fourth-order valence-electron chi connectivity index (χ4n) is 1.57. The Hall–Kier alpha value is 0.490. The van der Waals surface area contributed by atoms with Crippen molar-refractivity contribution >= 4 is 33.9 Å². The van der Waals surface area contributed by atoms with Crippen LogP contribution in [0.1, 0.15) is 39.5 Å². The molecule has 23 heavy (non-hydrogen) atoms. The lowest BCUT2D eigenvalue weighted by Crippen LogP contribution is -2.20. The van der Waals surface area contributed by atoms with Gasteiger partial charge in [0.25, 0.3) is 0 Å². The highest BCUT2D eigenvalue weighted by Gasteiger charge is 2.07. The summed E-state index contributed by atoms with van der Waals surface area (Å²) < 4.78 is 44.6. The molecule has 0 aromatic rings. The van der Waals surface area contributed by atoms with Crippen LogP contribution in [0.25, 0.3) is 0 Å². The molecule has 0 aliphatic heterocycles. The molecule has 0 saturated carbocycles. The zero-order valence-electron chi connectivity index (χ0n) is 14.1. The highest BCUT2D eigenvalue weighted by molar-refractivity contribution is 7.99. The van der Waals surface area contributed by atoms with Gasteiger partial charge in [-0.05, 0) is 42.9 Å². The Balaban J connectivity index is 3.39. The molecule has 1 atom stereocenters. The normalized spacial score (nSPS) is 13.3. The third-order valence-corrected chi connectivity index (χ3v) is 5.45. The highest BCUT2D eigenvalue weighted by Crippen LogP contribution is 2.07. The average molecular weight is 391 g/mol. The molecule has 0 amide bonds. The molecule has 0 saturated heterocycles. The zero-order chi connectivity index (χ0) is 17.4. The minimum atomic E-state index is -4.32. The van der Waals surface area contributed by atoms with Crippen LogP contribution in [0.5, 0.6) is 0 Å². The van der Waals surface area contributed by atoms with E-state index in [4.69, 9.17) is 14.0 Å². The number of hydrogen-bond donors (Lipinski definition) is 1. The summed E-state index contributed by atoms with van der Waals surface area (Å²) in [7, 11) is -4.32. The Morgan fingerprint density at radius 2 is 1.74 bits per heavy atom. The quantitative estimate of drug-likeness (QED) is 0.230. The van der Waals surface area contributed by atoms with E-state index in [2.05, 4.69) is 18.0 Å². The molecule has 0 rings (SSSR count). The van der Waals surface area contributed by atoms with Gasteiger partial charge in [-0.15, -0.1) is 11.8 Å². The molecular weight excluding hydrogens is 360 g/mol. The Labute approximate surface area is 149 Å². The van der Waals surface area contributed by atoms with Crippen molar-refractivity contribution < 1.29 is 26.6 Å². The minimum Gasteiger partial charge on any atom is -0.379 e. The molecule has 0 radical (unpaired) electrons. The van der Waals surface area contributed by atoms with Crippen molar-refractivity contribution in [2.75, 3.05) is 43.0 Å². The molecule has 0 heterocycles. The number of rotatable bonds is 17. The van der Waals surface area contributed by atoms with Gasteiger partial charge in [-0.3, -0.25) is 4.55 Å². The summed E-state index contributed by atoms with van der Waals surface area (Å²) in [6, 6.07) is 0. The van der Waals surface area contributed by atoms with Gasteiger partial charge in [0.15, 0.2) is 0 Å². The van der Waals surface area contributed by atoms with Crippen LogP contribution in [-0.2, 0) is 24.1 Å². The summed E-state index contributed by atoms with van der Waals surface area (Å²) in [5, 5.41) is 0. The van der Waals surface area contributed by atoms with E-state index in [0.717, 1.165) is 31.6 Å². The summed E-state index contributed by atoms with van der Waals surface area (Å²) in [5.74, 6) is 3.00. The van der Waals surface area contributed by atoms with E-state index in [1.807, 2.05) is 11.8 Å². The van der Waals surface area contributed by atoms with Crippen molar-refractivity contribution in [1.29, 1.82) is 0 Å². The second-order valence-corrected chi connectivity index (χ2v) is 8.24. The van der Waals surface area contributed by atoms with E-state index >= 15 is 0 Å². The molecule has 9 heteroatoms. The molecule has 1 unspecified atom stereocenters. The van der Waals surface area contributed by atoms with Gasteiger partial charge in [-0.25, -0.2) is 4.18 Å². The van der Waals surface area contributed by atoms with Crippen LogP contribution in [0.4, 0.5) is 0 Å². The van der Waals surface area contributed by atoms with E-state index < -0.39 is 10.4 Å². The zero-order valence-corrected chi connectivity index (χ0v) is 16.5. The fourth-order valence-corrected chi connectivity index (χ4v) is 3.59. The maximum atomic E-state index is 10.3. The fraction of sp³-hybridized carbons (Fsp3) is 1.00. The average Bonchev–Trinajstić information content (AvgIpc) is 2.50. The van der Waals surface area contributed by atoms with Crippen molar-refractivity contribution in [3.8, 4) is 0 Å². The molecule has 0 aliphatic rings. The highest BCUT2D eigenvalue weighted by atomic mass is 32.3. The van der Waals surface area contributed by atoms with Gasteiger partial charge >= 0.3 is 10.4 Å². The van der Waals surface area contributed by atoms with Crippen molar-refractivity contribution in [1.82, 2.24) is 0 Å². The second-order valence-electron chi connectivity index (χ2n) is 4.87. The van der Waals surface area contributed by atoms with Crippen LogP contribution in [0.3, 0.4) is 0 Å². The first-order chi connectivity index (χ1) is 11.0. The minimum absolute atomic E-state index is 0.0738. The van der Waals surface area contributed by atoms with Gasteiger partial charge in [0, 0.05) is 13.2 Å². The van der Waals surface area contributed by atoms with E-state index in [9.17, 15) is 8.42 Å². The largest absolute Gasteiger partial charge is 0.398 e. The van der Waals surface area contributed by atoms with Crippen LogP contribution in [0.15, 0.2) is 0 Å². The van der Waals surface area contributed by atoms with Gasteiger partial charge in [0.1, 0.15) is 5.94 Å². The van der Waals surface area contributed by atoms with Gasteiger partial charge in [-0.2, -0.15) is 20.2 Å². The lowest BCUT2D eigenvalue weighted by molar-refractivity contribution is -0.0172. The summed E-state index contributed by atoms with van der Waals surface area (Å²) in [6.07, 6.45) is 4.16. The van der Waals surface area contributed by atoms with Gasteiger partial charge in [0.2, 0.25) is 0 Å². The third kappa shape index (κ3) is 18.7. The monoisotopic (exact) mass is 390 g/mol. The Kier molecular flexibility index (Phi) is 16.3. The van der Waals surface area contributed by atoms with E-state index in [1.165, 1.54) is 23.9 Å². The number of hydrogen-bond acceptors (Lipinski definition) is 7. The van der Waals surface area contributed by atoms with Crippen LogP contribution in [-0.4, -0.2) is 62.1 Å². The SMILES string of the molecule is CCCSCCCOC(CC)COCCCSCOS(=O)(=O)O. The van der Waals surface area contributed by atoms with Gasteiger partial charge in [0.05, 0.1) is 12.7 Å². The summed E-state index contributed by atoms with van der Waals surface area (Å²) in [5.41, 5.74) is 0. The molecule has 6 nitrogen and oxygen atoms in total. The topological polar surface area (TPSA) is 82.1 Å². The second kappa shape index (κ2) is 16.0. The maximum Gasteiger partial charge on any atom is 0.398 e. The first-order valence-corrected chi connectivity index (χ1v) is 11.6. The molecule has 1 N–H and O–H groups in total. The predicted octanol–water partition coefficient (Wildman–Crippen LogP) is 3.23. The lowest BCUT2D eigenvalue weighted by atomic mass is 10.3. The summed E-state index contributed by atoms with van der Waals surface area (Å²) in [4.78, 5) is 0. The van der Waals surface area contributed by atoms with Crippen LogP contribution >= 0.6 is 23.5 Å². The van der Waals surface area contributed by atoms with Crippen molar-refractivity contribution in [3.05, 3.63) is 0 Å². The summed E-state index contributed by atoms with van der Waals surface area (Å²) in [6.45, 7) is 6.24. The first-order valence-electron chi connectivity index (χ1n) is 7.96. The number of thioether (sulfide) groups is 2. The molecule has 0 aromatic carbocycles. The van der Waals surface area contributed by atoms with Crippen LogP contribution < -0.4 is 0 Å². The standard InChI is InChI=1S/C14H30O6S3/c1-3-9-21-10-6-8-19-14(4-2)12-18-7-5-11-22-13-20-23(15,16)17/h14H,3-13H2,1-2H3,(H,15,16,17). The van der Waals surface area contributed by atoms with E-state index in [1.54, 1.807) is 0 Å². The predicted molar refractivity (Wildman–Crippen MR) is 97.7 cm³/mol. The van der Waals surface area contributed by atoms with E-state index in [0.29, 0.717) is 19.0 Å². The van der Waals surface area contributed by atoms with E-state index in [-0.39, 0.29) is 12.0 Å². The molecule has 0 fully saturated rings. The van der Waals surface area contributed by atoms with Crippen LogP contribution in [0, 0.1) is 0 Å². The maximum absolute atomic E-state index is 10.3. The molecule has 0 aromatic heterocycles. The Bertz CT molecular complexity index is 350. The smallest absolute Gasteiger partial charge is 0.379 e. The molecule has 0 spiro atoms. The Morgan fingerprint density at radius 3 is 2.39 bits per heavy atom. The van der Waals surface area contributed by atoms with Gasteiger partial charge in [-0.1, -0.05) is 13.8 Å². The van der Waals surface area contributed by atoms with Crippen molar-refractivity contribution in [2.45, 2.75) is 45.6 Å². The van der Waals surface area contributed by atoms with Crippen LogP contribution in [0.2, 0.25) is 0 Å². The molecule has 140 valence electrons. The lowest BCUT2D eigenvalue weighted by Gasteiger charge is -2.16. The summed E-state index contributed by atoms with van der Waals surface area (Å²) >= 11 is 3.26. The number of ether oxygens (including phenoxy) is 2. The Morgan fingerprint density at radius 1 is 1.04 bits per heavy atom. The van der Waals surface area contributed by atoms with Crippen molar-refractivity contribution in [3.63, 3.8) is 0 Å².